The van der Waals surface area contributed by atoms with Crippen molar-refractivity contribution in [3.8, 4) is 0 Å². The minimum Gasteiger partial charge on any atom is -0.392 e. The van der Waals surface area contributed by atoms with Crippen molar-refractivity contribution in [1.29, 1.82) is 0 Å². The molecule has 0 spiro atoms. The highest BCUT2D eigenvalue weighted by Gasteiger charge is 2.28. The van der Waals surface area contributed by atoms with Gasteiger partial charge in [-0.25, -0.2) is 0 Å². The topological polar surface area (TPSA) is 92.8 Å². The van der Waals surface area contributed by atoms with E-state index in [2.05, 4.69) is 0 Å². The van der Waals surface area contributed by atoms with Gasteiger partial charge >= 0.3 is 0 Å². The molecule has 0 aromatic carbocycles. The van der Waals surface area contributed by atoms with Gasteiger partial charge in [-0.15, -0.1) is 0 Å². The van der Waals surface area contributed by atoms with Gasteiger partial charge in [-0.1, -0.05) is 0 Å². The lowest BCUT2D eigenvalue weighted by Crippen LogP contribution is -2.50. The summed E-state index contributed by atoms with van der Waals surface area (Å²) in [5, 5.41) is 18.5. The third kappa shape index (κ3) is 3.82. The number of hydrogen-bond donors (Lipinski definition) is 3. The quantitative estimate of drug-likeness (QED) is 0.452. The van der Waals surface area contributed by atoms with E-state index < -0.39 is 24.4 Å². The van der Waals surface area contributed by atoms with Gasteiger partial charge in [0, 0.05) is 6.61 Å². The molecule has 0 aliphatic carbocycles. The molecule has 0 aliphatic rings. The van der Waals surface area contributed by atoms with Crippen molar-refractivity contribution in [1.82, 2.24) is 0 Å². The van der Waals surface area contributed by atoms with E-state index in [0.717, 1.165) is 0 Å². The second-order valence-corrected chi connectivity index (χ2v) is 2.86. The van der Waals surface area contributed by atoms with Crippen molar-refractivity contribution < 1.29 is 19.7 Å². The van der Waals surface area contributed by atoms with Crippen molar-refractivity contribution in [2.24, 2.45) is 5.73 Å². The summed E-state index contributed by atoms with van der Waals surface area (Å²) in [5.74, 6) is 0. The summed E-state index contributed by atoms with van der Waals surface area (Å²) in [4.78, 5) is 10.4. The van der Waals surface area contributed by atoms with Crippen LogP contribution in [0.2, 0.25) is 0 Å². The highest BCUT2D eigenvalue weighted by molar-refractivity contribution is 5.57. The standard InChI is InChI=1S/C8H17NO4/c1-3-13-6(4-10)8(12)7(9)5(2)11/h4-8,11-12H,3,9H2,1-2H3/t5-,6-,7-,8-/m1/s1. The molecular weight excluding hydrogens is 174 g/mol. The van der Waals surface area contributed by atoms with E-state index in [1.165, 1.54) is 6.92 Å². The third-order valence-corrected chi connectivity index (χ3v) is 1.78. The Kier molecular flexibility index (Phi) is 5.81. The third-order valence-electron chi connectivity index (χ3n) is 1.78. The highest BCUT2D eigenvalue weighted by atomic mass is 16.5. The molecule has 5 nitrogen and oxygen atoms in total. The Hall–Kier alpha value is -0.490. The Morgan fingerprint density at radius 1 is 1.54 bits per heavy atom. The Labute approximate surface area is 77.5 Å². The molecule has 0 heterocycles. The maximum Gasteiger partial charge on any atom is 0.151 e. The number of nitrogens with two attached hydrogens (primary N) is 1. The van der Waals surface area contributed by atoms with E-state index in [-0.39, 0.29) is 0 Å². The van der Waals surface area contributed by atoms with Crippen LogP contribution in [0.25, 0.3) is 0 Å². The number of hydrogen-bond acceptors (Lipinski definition) is 5. The lowest BCUT2D eigenvalue weighted by Gasteiger charge is -2.25. The first kappa shape index (κ1) is 12.5. The lowest BCUT2D eigenvalue weighted by molar-refractivity contribution is -0.127. The van der Waals surface area contributed by atoms with Crippen LogP contribution in [0.3, 0.4) is 0 Å². The average molecular weight is 191 g/mol. The fraction of sp³-hybridized carbons (Fsp3) is 0.875. The minimum absolute atomic E-state index is 0.312. The summed E-state index contributed by atoms with van der Waals surface area (Å²) in [5.41, 5.74) is 5.43. The molecule has 0 amide bonds. The number of aliphatic hydroxyl groups excluding tert-OH is 2. The largest absolute Gasteiger partial charge is 0.392 e. The Morgan fingerprint density at radius 3 is 2.38 bits per heavy atom. The fourth-order valence-electron chi connectivity index (χ4n) is 0.915. The molecular formula is C8H17NO4. The predicted octanol–water partition coefficient (Wildman–Crippen LogP) is -1.34. The zero-order valence-electron chi connectivity index (χ0n) is 7.88. The molecule has 0 unspecified atom stereocenters. The van der Waals surface area contributed by atoms with Crippen LogP contribution in [0.1, 0.15) is 13.8 Å². The van der Waals surface area contributed by atoms with Crippen LogP contribution in [-0.4, -0.2) is 47.5 Å². The molecule has 0 fully saturated rings. The smallest absolute Gasteiger partial charge is 0.151 e. The van der Waals surface area contributed by atoms with Crippen molar-refractivity contribution in [2.45, 2.75) is 38.2 Å². The molecule has 4 N–H and O–H groups in total. The maximum absolute atomic E-state index is 10.4. The molecule has 0 aromatic heterocycles. The SMILES string of the molecule is CCO[C@H](C=O)[C@@H](O)[C@H](N)[C@@H](C)O. The normalized spacial score (nSPS) is 20.4. The van der Waals surface area contributed by atoms with Gasteiger partial charge in [0.15, 0.2) is 6.29 Å². The molecule has 13 heavy (non-hydrogen) atoms. The van der Waals surface area contributed by atoms with Gasteiger partial charge in [-0.2, -0.15) is 0 Å². The summed E-state index contributed by atoms with van der Waals surface area (Å²) in [6, 6.07) is -0.873. The molecule has 0 rings (SSSR count). The number of carbonyl (C=O) groups excluding carboxylic acids is 1. The molecule has 0 bridgehead atoms. The van der Waals surface area contributed by atoms with Crippen molar-refractivity contribution in [2.75, 3.05) is 6.61 Å². The molecule has 4 atom stereocenters. The average Bonchev–Trinajstić information content (AvgIpc) is 2.11. The molecule has 0 aliphatic heterocycles. The van der Waals surface area contributed by atoms with Gasteiger partial charge in [-0.05, 0) is 13.8 Å². The number of rotatable bonds is 6. The predicted molar refractivity (Wildman–Crippen MR) is 47.1 cm³/mol. The maximum atomic E-state index is 10.4. The van der Waals surface area contributed by atoms with Crippen molar-refractivity contribution >= 4 is 6.29 Å². The first-order valence-electron chi connectivity index (χ1n) is 4.23. The van der Waals surface area contributed by atoms with Crippen molar-refractivity contribution in [3.63, 3.8) is 0 Å². The van der Waals surface area contributed by atoms with Gasteiger partial charge in [0.25, 0.3) is 0 Å². The second-order valence-electron chi connectivity index (χ2n) is 2.86. The van der Waals surface area contributed by atoms with Crippen molar-refractivity contribution in [3.05, 3.63) is 0 Å². The van der Waals surface area contributed by atoms with E-state index in [9.17, 15) is 9.90 Å². The molecule has 0 aromatic rings. The summed E-state index contributed by atoms with van der Waals surface area (Å²) in [7, 11) is 0. The first-order valence-corrected chi connectivity index (χ1v) is 4.23. The highest BCUT2D eigenvalue weighted by Crippen LogP contribution is 2.04. The van der Waals surface area contributed by atoms with E-state index in [1.54, 1.807) is 6.92 Å². The van der Waals surface area contributed by atoms with Gasteiger partial charge in [0.2, 0.25) is 0 Å². The second kappa shape index (κ2) is 6.04. The van der Waals surface area contributed by atoms with Crippen LogP contribution >= 0.6 is 0 Å². The summed E-state index contributed by atoms with van der Waals surface area (Å²) >= 11 is 0. The number of ether oxygens (including phenoxy) is 1. The van der Waals surface area contributed by atoms with Crippen LogP contribution in [0.5, 0.6) is 0 Å². The number of aldehydes is 1. The summed E-state index contributed by atoms with van der Waals surface area (Å²) in [6.45, 7) is 3.46. The monoisotopic (exact) mass is 191 g/mol. The van der Waals surface area contributed by atoms with Crippen LogP contribution in [0.15, 0.2) is 0 Å². The van der Waals surface area contributed by atoms with Gasteiger partial charge < -0.3 is 25.5 Å². The van der Waals surface area contributed by atoms with Crippen LogP contribution in [-0.2, 0) is 9.53 Å². The van der Waals surface area contributed by atoms with Crippen LogP contribution < -0.4 is 5.73 Å². The Balaban J connectivity index is 4.17. The van der Waals surface area contributed by atoms with E-state index in [4.69, 9.17) is 15.6 Å². The first-order chi connectivity index (χ1) is 6.04. The molecule has 5 heteroatoms. The molecule has 78 valence electrons. The van der Waals surface area contributed by atoms with Crippen LogP contribution in [0, 0.1) is 0 Å². The number of carbonyl (C=O) groups is 1. The Morgan fingerprint density at radius 2 is 2.08 bits per heavy atom. The van der Waals surface area contributed by atoms with Gasteiger partial charge in [0.1, 0.15) is 12.2 Å². The molecule has 0 saturated heterocycles. The zero-order valence-corrected chi connectivity index (χ0v) is 7.88. The fourth-order valence-corrected chi connectivity index (χ4v) is 0.915. The van der Waals surface area contributed by atoms with Gasteiger partial charge in [0.05, 0.1) is 12.1 Å². The van der Waals surface area contributed by atoms with Gasteiger partial charge in [-0.3, -0.25) is 0 Å². The summed E-state index contributed by atoms with van der Waals surface area (Å²) < 4.78 is 4.92. The molecule has 0 radical (unpaired) electrons. The minimum atomic E-state index is -1.17. The van der Waals surface area contributed by atoms with E-state index in [1.807, 2.05) is 0 Å². The lowest BCUT2D eigenvalue weighted by atomic mass is 10.0. The summed E-state index contributed by atoms with van der Waals surface area (Å²) in [6.07, 6.45) is -2.53. The number of aliphatic hydroxyl groups is 2. The van der Waals surface area contributed by atoms with E-state index >= 15 is 0 Å². The zero-order chi connectivity index (χ0) is 10.4. The van der Waals surface area contributed by atoms with Crippen LogP contribution in [0.4, 0.5) is 0 Å². The van der Waals surface area contributed by atoms with E-state index in [0.29, 0.717) is 12.9 Å². The molecule has 0 saturated carbocycles. The Bertz CT molecular complexity index is 151.